The molecule has 2 atom stereocenters. The second-order valence-corrected chi connectivity index (χ2v) is 11.7. The molecule has 0 radical (unpaired) electrons. The Labute approximate surface area is 241 Å². The van der Waals surface area contributed by atoms with E-state index in [2.05, 4.69) is 64.4 Å². The summed E-state index contributed by atoms with van der Waals surface area (Å²) in [5.41, 5.74) is 1.39. The monoisotopic (exact) mass is 556 g/mol. The second-order valence-electron chi connectivity index (χ2n) is 11.7. The van der Waals surface area contributed by atoms with Crippen LogP contribution in [0.5, 0.6) is 0 Å². The number of piperazine rings is 1. The first-order valence-corrected chi connectivity index (χ1v) is 14.1. The van der Waals surface area contributed by atoms with Crippen molar-refractivity contribution in [2.24, 2.45) is 4.99 Å². The molecule has 0 amide bonds. The van der Waals surface area contributed by atoms with Crippen LogP contribution in [0.3, 0.4) is 0 Å². The maximum Gasteiger partial charge on any atom is 0.278 e. The number of hydrogen-bond acceptors (Lipinski definition) is 8. The maximum absolute atomic E-state index is 13.2. The fraction of sp³-hybridized carbons (Fsp3) is 0.419. The fourth-order valence-corrected chi connectivity index (χ4v) is 5.89. The van der Waals surface area contributed by atoms with Gasteiger partial charge in [0.2, 0.25) is 5.95 Å². The highest BCUT2D eigenvalue weighted by Crippen LogP contribution is 2.36. The first-order valence-electron chi connectivity index (χ1n) is 14.1. The Hall–Kier alpha value is -4.02. The van der Waals surface area contributed by atoms with Crippen molar-refractivity contribution in [1.29, 1.82) is 0 Å². The molecule has 216 valence electrons. The Kier molecular flexibility index (Phi) is 7.97. The van der Waals surface area contributed by atoms with E-state index >= 15 is 0 Å². The van der Waals surface area contributed by atoms with Crippen molar-refractivity contribution >= 4 is 40.9 Å². The van der Waals surface area contributed by atoms with Crippen molar-refractivity contribution in [2.75, 3.05) is 23.3 Å². The van der Waals surface area contributed by atoms with E-state index in [-0.39, 0.29) is 12.1 Å². The van der Waals surface area contributed by atoms with E-state index < -0.39 is 5.60 Å². The van der Waals surface area contributed by atoms with E-state index in [4.69, 9.17) is 4.98 Å². The van der Waals surface area contributed by atoms with Gasteiger partial charge in [-0.1, -0.05) is 18.2 Å². The van der Waals surface area contributed by atoms with Crippen molar-refractivity contribution in [3.05, 3.63) is 71.7 Å². The van der Waals surface area contributed by atoms with Gasteiger partial charge in [-0.15, -0.1) is 6.58 Å². The number of benzene rings is 1. The molecule has 10 heteroatoms. The van der Waals surface area contributed by atoms with Crippen LogP contribution in [0.15, 0.2) is 71.1 Å². The summed E-state index contributed by atoms with van der Waals surface area (Å²) >= 11 is 0. The summed E-state index contributed by atoms with van der Waals surface area (Å²) in [6.45, 7) is 17.9. The standard InChI is InChI=1S/C31H40N8O2/c1-7-16-37-29(40)26-18-33-30(35-28(26)39(37)27(32-6)10-8-9-15-31(4,5)41)34-22-11-13-23(14-12-22)36-19-24-17-25(20-36)38(24)21(2)3/h7-14,18,21,24-25,41H,1,6,15-17,19-20H2,2-5H3,(H,33,34,35)/b9-8-,27-10+. The normalized spacial score (nSPS) is 19.7. The van der Waals surface area contributed by atoms with E-state index in [1.165, 1.54) is 23.0 Å². The molecule has 0 saturated carbocycles. The van der Waals surface area contributed by atoms with Gasteiger partial charge >= 0.3 is 0 Å². The zero-order valence-electron chi connectivity index (χ0n) is 24.4. The number of rotatable bonds is 11. The molecular formula is C31H40N8O2. The van der Waals surface area contributed by atoms with Crippen LogP contribution in [0.1, 0.15) is 40.5 Å². The number of allylic oxidation sites excluding steroid dienone is 3. The van der Waals surface area contributed by atoms with Crippen molar-refractivity contribution in [3.8, 4) is 0 Å². The third-order valence-corrected chi connectivity index (χ3v) is 7.69. The van der Waals surface area contributed by atoms with E-state index in [0.29, 0.717) is 47.3 Å². The molecule has 2 N–H and O–H groups in total. The second kappa shape index (κ2) is 11.5. The quantitative estimate of drug-likeness (QED) is 0.205. The molecule has 2 bridgehead atoms. The molecule has 3 aliphatic heterocycles. The molecule has 3 aromatic rings. The highest BCUT2D eigenvalue weighted by atomic mass is 16.3. The zero-order valence-corrected chi connectivity index (χ0v) is 24.4. The molecule has 1 aromatic carbocycles. The predicted octanol–water partition coefficient (Wildman–Crippen LogP) is 4.41. The smallest absolute Gasteiger partial charge is 0.278 e. The van der Waals surface area contributed by atoms with Crippen LogP contribution in [0.25, 0.3) is 16.9 Å². The molecule has 2 aromatic heterocycles. The molecule has 41 heavy (non-hydrogen) atoms. The summed E-state index contributed by atoms with van der Waals surface area (Å²) in [5, 5.41) is 13.6. The van der Waals surface area contributed by atoms with Gasteiger partial charge in [-0.05, 0) is 77.6 Å². The number of aliphatic hydroxyl groups is 1. The topological polar surface area (TPSA) is 104 Å². The van der Waals surface area contributed by atoms with Crippen LogP contribution < -0.4 is 15.8 Å². The van der Waals surface area contributed by atoms with Gasteiger partial charge in [0, 0.05) is 48.8 Å². The molecule has 6 rings (SSSR count). The SMILES string of the molecule is C=CCn1c(=O)c2cnc(Nc3ccc(N4CC5CC(C4)N5C(C)C)cc3)nc2n1/C(=C/C=C\CC(C)(C)O)N=C. The minimum atomic E-state index is -0.827. The van der Waals surface area contributed by atoms with Crippen molar-refractivity contribution < 1.29 is 5.11 Å². The van der Waals surface area contributed by atoms with Crippen molar-refractivity contribution in [1.82, 2.24) is 24.2 Å². The summed E-state index contributed by atoms with van der Waals surface area (Å²) in [6.07, 6.45) is 10.3. The van der Waals surface area contributed by atoms with Crippen LogP contribution >= 0.6 is 0 Å². The first-order chi connectivity index (χ1) is 19.6. The van der Waals surface area contributed by atoms with Crippen LogP contribution in [-0.4, -0.2) is 72.9 Å². The Morgan fingerprint density at radius 3 is 2.56 bits per heavy atom. The predicted molar refractivity (Wildman–Crippen MR) is 167 cm³/mol. The summed E-state index contributed by atoms with van der Waals surface area (Å²) in [6, 6.07) is 10.2. The van der Waals surface area contributed by atoms with E-state index in [1.54, 1.807) is 36.8 Å². The lowest BCUT2D eigenvalue weighted by atomic mass is 9.85. The number of hydrogen-bond donors (Lipinski definition) is 2. The highest BCUT2D eigenvalue weighted by molar-refractivity contribution is 5.79. The van der Waals surface area contributed by atoms with Crippen LogP contribution in [-0.2, 0) is 6.54 Å². The highest BCUT2D eigenvalue weighted by Gasteiger charge is 2.45. The third-order valence-electron chi connectivity index (χ3n) is 7.69. The fourth-order valence-electron chi connectivity index (χ4n) is 5.89. The number of aromatic nitrogens is 4. The third kappa shape index (κ3) is 5.89. The lowest BCUT2D eigenvalue weighted by Gasteiger charge is -2.58. The number of anilines is 3. The van der Waals surface area contributed by atoms with Gasteiger partial charge < -0.3 is 15.3 Å². The lowest BCUT2D eigenvalue weighted by Crippen LogP contribution is -2.70. The number of aliphatic imine (C=N–C) groups is 1. The Morgan fingerprint density at radius 2 is 1.95 bits per heavy atom. The van der Waals surface area contributed by atoms with Gasteiger partial charge in [0.25, 0.3) is 5.56 Å². The molecule has 0 aliphatic carbocycles. The number of piperidine rings is 1. The van der Waals surface area contributed by atoms with Crippen LogP contribution in [0.4, 0.5) is 17.3 Å². The summed E-state index contributed by atoms with van der Waals surface area (Å²) < 4.78 is 3.12. The minimum absolute atomic E-state index is 0.249. The van der Waals surface area contributed by atoms with Crippen molar-refractivity contribution in [3.63, 3.8) is 0 Å². The number of nitrogens with one attached hydrogen (secondary N) is 1. The Bertz CT molecular complexity index is 1530. The van der Waals surface area contributed by atoms with Crippen molar-refractivity contribution in [2.45, 2.75) is 70.8 Å². The van der Waals surface area contributed by atoms with Gasteiger partial charge in [0.1, 0.15) is 5.39 Å². The van der Waals surface area contributed by atoms with Crippen LogP contribution in [0.2, 0.25) is 0 Å². The number of fused-ring (bicyclic) bond motifs is 3. The molecule has 0 spiro atoms. The summed E-state index contributed by atoms with van der Waals surface area (Å²) in [5.74, 6) is 0.776. The average molecular weight is 557 g/mol. The van der Waals surface area contributed by atoms with Gasteiger partial charge in [0.15, 0.2) is 11.5 Å². The largest absolute Gasteiger partial charge is 0.390 e. The Morgan fingerprint density at radius 1 is 1.24 bits per heavy atom. The molecule has 10 nitrogen and oxygen atoms in total. The summed E-state index contributed by atoms with van der Waals surface area (Å²) in [4.78, 5) is 31.6. The van der Waals surface area contributed by atoms with Gasteiger partial charge in [-0.2, -0.15) is 4.98 Å². The van der Waals surface area contributed by atoms with E-state index in [0.717, 1.165) is 18.8 Å². The Balaban J connectivity index is 1.39. The molecule has 2 unspecified atom stereocenters. The average Bonchev–Trinajstić information content (AvgIpc) is 3.19. The van der Waals surface area contributed by atoms with Gasteiger partial charge in [-0.25, -0.2) is 19.3 Å². The van der Waals surface area contributed by atoms with Gasteiger partial charge in [-0.3, -0.25) is 9.69 Å². The van der Waals surface area contributed by atoms with E-state index in [9.17, 15) is 9.90 Å². The first kappa shape index (κ1) is 28.5. The lowest BCUT2D eigenvalue weighted by molar-refractivity contribution is -0.0270. The van der Waals surface area contributed by atoms with Crippen LogP contribution in [0, 0.1) is 0 Å². The summed E-state index contributed by atoms with van der Waals surface area (Å²) in [7, 11) is 0. The zero-order chi connectivity index (χ0) is 29.3. The number of nitrogens with zero attached hydrogens (tertiary/aromatic N) is 7. The van der Waals surface area contributed by atoms with E-state index in [1.807, 2.05) is 18.2 Å². The molecular weight excluding hydrogens is 516 g/mol. The van der Waals surface area contributed by atoms with Gasteiger partial charge in [0.05, 0.1) is 12.1 Å². The molecule has 3 fully saturated rings. The molecule has 3 aliphatic rings. The minimum Gasteiger partial charge on any atom is -0.390 e. The molecule has 3 saturated heterocycles. The molecule has 5 heterocycles. The maximum atomic E-state index is 13.2.